The smallest absolute Gasteiger partial charge is 0.191 e. The molecule has 1 heterocycles. The third-order valence-corrected chi connectivity index (χ3v) is 4.19. The van der Waals surface area contributed by atoms with Crippen molar-refractivity contribution in [1.82, 2.24) is 15.6 Å². The molecule has 6 nitrogen and oxygen atoms in total. The normalized spacial score (nSPS) is 13.9. The first-order valence-corrected chi connectivity index (χ1v) is 9.61. The number of pyridine rings is 1. The van der Waals surface area contributed by atoms with Gasteiger partial charge in [-0.3, -0.25) is 4.98 Å². The average molecular weight is 368 g/mol. The number of ether oxygens (including phenoxy) is 2. The zero-order valence-electron chi connectivity index (χ0n) is 15.9. The summed E-state index contributed by atoms with van der Waals surface area (Å²) in [5, 5.41) is 6.55. The highest BCUT2D eigenvalue weighted by atomic mass is 16.5. The van der Waals surface area contributed by atoms with Gasteiger partial charge in [-0.25, -0.2) is 4.99 Å². The van der Waals surface area contributed by atoms with Crippen LogP contribution in [-0.2, 0) is 6.54 Å². The summed E-state index contributed by atoms with van der Waals surface area (Å²) in [5.74, 6) is 3.21. The molecule has 2 aromatic rings. The molecular weight excluding hydrogens is 340 g/mol. The fourth-order valence-electron chi connectivity index (χ4n) is 2.54. The maximum atomic E-state index is 5.96. The van der Waals surface area contributed by atoms with E-state index in [1.807, 2.05) is 30.3 Å². The van der Waals surface area contributed by atoms with Crippen LogP contribution in [0.4, 0.5) is 0 Å². The van der Waals surface area contributed by atoms with Crippen molar-refractivity contribution in [1.29, 1.82) is 0 Å². The molecule has 1 aliphatic rings. The van der Waals surface area contributed by atoms with Crippen molar-refractivity contribution in [3.05, 3.63) is 54.4 Å². The van der Waals surface area contributed by atoms with Crippen molar-refractivity contribution < 1.29 is 9.47 Å². The molecule has 6 heteroatoms. The number of nitrogens with one attached hydrogen (secondary N) is 2. The van der Waals surface area contributed by atoms with Crippen LogP contribution in [0.15, 0.2) is 53.8 Å². The number of aromatic nitrogens is 1. The second-order valence-corrected chi connectivity index (χ2v) is 6.52. The van der Waals surface area contributed by atoms with Gasteiger partial charge in [-0.05, 0) is 43.9 Å². The maximum Gasteiger partial charge on any atom is 0.191 e. The molecule has 3 rings (SSSR count). The minimum Gasteiger partial charge on any atom is -0.493 e. The Hall–Kier alpha value is -2.76. The van der Waals surface area contributed by atoms with Gasteiger partial charge in [0, 0.05) is 18.3 Å². The van der Waals surface area contributed by atoms with Gasteiger partial charge >= 0.3 is 0 Å². The van der Waals surface area contributed by atoms with Crippen LogP contribution in [-0.4, -0.2) is 37.2 Å². The molecule has 0 unspecified atom stereocenters. The summed E-state index contributed by atoms with van der Waals surface area (Å²) in [6, 6.07) is 11.9. The summed E-state index contributed by atoms with van der Waals surface area (Å²) < 4.78 is 11.6. The molecule has 27 heavy (non-hydrogen) atoms. The molecule has 0 amide bonds. The Morgan fingerprint density at radius 1 is 1.15 bits per heavy atom. The van der Waals surface area contributed by atoms with E-state index in [0.29, 0.717) is 19.7 Å². The van der Waals surface area contributed by atoms with Crippen molar-refractivity contribution in [2.24, 2.45) is 10.9 Å². The number of rotatable bonds is 10. The van der Waals surface area contributed by atoms with Crippen LogP contribution in [0.5, 0.6) is 11.5 Å². The number of benzene rings is 1. The molecule has 0 atom stereocenters. The lowest BCUT2D eigenvalue weighted by atomic mass is 10.2. The largest absolute Gasteiger partial charge is 0.493 e. The number of guanidine groups is 1. The minimum absolute atomic E-state index is 0.539. The molecule has 0 spiro atoms. The molecule has 1 fully saturated rings. The van der Waals surface area contributed by atoms with Crippen LogP contribution in [0.3, 0.4) is 0 Å². The summed E-state index contributed by atoms with van der Waals surface area (Å²) >= 11 is 0. The number of aliphatic imine (C=N–C) groups is 1. The number of hydrogen-bond donors (Lipinski definition) is 2. The molecule has 2 N–H and O–H groups in total. The van der Waals surface area contributed by atoms with Crippen molar-refractivity contribution >= 4 is 5.96 Å². The zero-order valence-corrected chi connectivity index (χ0v) is 15.9. The molecule has 0 radical (unpaired) electrons. The van der Waals surface area contributed by atoms with Gasteiger partial charge in [-0.1, -0.05) is 18.2 Å². The van der Waals surface area contributed by atoms with Gasteiger partial charge in [0.1, 0.15) is 18.1 Å². The molecule has 0 aliphatic heterocycles. The first-order chi connectivity index (χ1) is 13.3. The summed E-state index contributed by atoms with van der Waals surface area (Å²) in [4.78, 5) is 8.71. The summed E-state index contributed by atoms with van der Waals surface area (Å²) in [5.41, 5.74) is 1.10. The van der Waals surface area contributed by atoms with Gasteiger partial charge in [0.2, 0.25) is 0 Å². The van der Waals surface area contributed by atoms with E-state index in [9.17, 15) is 0 Å². The Bertz CT molecular complexity index is 717. The fraction of sp³-hybridized carbons (Fsp3) is 0.429. The van der Waals surface area contributed by atoms with Gasteiger partial charge in [0.05, 0.1) is 25.9 Å². The fourth-order valence-corrected chi connectivity index (χ4v) is 2.54. The van der Waals surface area contributed by atoms with Gasteiger partial charge in [0.25, 0.3) is 0 Å². The van der Waals surface area contributed by atoms with E-state index in [1.165, 1.54) is 12.8 Å². The molecule has 1 saturated carbocycles. The van der Waals surface area contributed by atoms with E-state index in [1.54, 1.807) is 12.4 Å². The van der Waals surface area contributed by atoms with Crippen molar-refractivity contribution in [2.75, 3.05) is 26.3 Å². The van der Waals surface area contributed by atoms with Crippen molar-refractivity contribution in [3.63, 3.8) is 0 Å². The predicted octanol–water partition coefficient (Wildman–Crippen LogP) is 3.00. The van der Waals surface area contributed by atoms with E-state index in [-0.39, 0.29) is 0 Å². The van der Waals surface area contributed by atoms with Gasteiger partial charge in [-0.15, -0.1) is 0 Å². The molecule has 0 bridgehead atoms. The summed E-state index contributed by atoms with van der Waals surface area (Å²) in [6.07, 6.45) is 6.01. The Kier molecular flexibility index (Phi) is 7.33. The quantitative estimate of drug-likeness (QED) is 0.383. The second-order valence-electron chi connectivity index (χ2n) is 6.52. The van der Waals surface area contributed by atoms with Crippen LogP contribution in [0.25, 0.3) is 0 Å². The Morgan fingerprint density at radius 2 is 2.04 bits per heavy atom. The zero-order chi connectivity index (χ0) is 18.7. The molecule has 1 aromatic heterocycles. The highest BCUT2D eigenvalue weighted by Gasteiger charge is 2.22. The average Bonchev–Trinajstić information content (AvgIpc) is 3.53. The lowest BCUT2D eigenvalue weighted by Crippen LogP contribution is -2.39. The SMILES string of the molecule is CCNC(=NCc1ccccc1OCC1CC1)NCCOc1cccnc1. The molecule has 1 aromatic carbocycles. The molecule has 0 saturated heterocycles. The van der Waals surface area contributed by atoms with E-state index in [2.05, 4.69) is 33.6 Å². The third-order valence-electron chi connectivity index (χ3n) is 4.19. The van der Waals surface area contributed by atoms with Crippen LogP contribution >= 0.6 is 0 Å². The topological polar surface area (TPSA) is 67.8 Å². The maximum absolute atomic E-state index is 5.96. The number of para-hydroxylation sites is 1. The van der Waals surface area contributed by atoms with E-state index in [0.717, 1.165) is 42.1 Å². The van der Waals surface area contributed by atoms with E-state index < -0.39 is 0 Å². The van der Waals surface area contributed by atoms with Crippen LogP contribution in [0.1, 0.15) is 25.3 Å². The van der Waals surface area contributed by atoms with Crippen LogP contribution < -0.4 is 20.1 Å². The monoisotopic (exact) mass is 368 g/mol. The number of nitrogens with zero attached hydrogens (tertiary/aromatic N) is 2. The number of hydrogen-bond acceptors (Lipinski definition) is 4. The Morgan fingerprint density at radius 3 is 2.81 bits per heavy atom. The lowest BCUT2D eigenvalue weighted by Gasteiger charge is -2.13. The van der Waals surface area contributed by atoms with Gasteiger partial charge in [-0.2, -0.15) is 0 Å². The highest BCUT2D eigenvalue weighted by Crippen LogP contribution is 2.30. The standard InChI is InChI=1S/C21H28N4O2/c1-2-23-21(24-12-13-26-19-7-5-11-22-15-19)25-14-18-6-3-4-8-20(18)27-16-17-9-10-17/h3-8,11,15,17H,2,9-10,12-14,16H2,1H3,(H2,23,24,25). The molecule has 1 aliphatic carbocycles. The third kappa shape index (κ3) is 6.81. The lowest BCUT2D eigenvalue weighted by molar-refractivity contribution is 0.297. The molecule has 144 valence electrons. The second kappa shape index (κ2) is 10.4. The first-order valence-electron chi connectivity index (χ1n) is 9.61. The van der Waals surface area contributed by atoms with E-state index >= 15 is 0 Å². The van der Waals surface area contributed by atoms with Gasteiger partial charge in [0.15, 0.2) is 5.96 Å². The molecular formula is C21H28N4O2. The van der Waals surface area contributed by atoms with Crippen molar-refractivity contribution in [2.45, 2.75) is 26.3 Å². The van der Waals surface area contributed by atoms with E-state index in [4.69, 9.17) is 9.47 Å². The van der Waals surface area contributed by atoms with Crippen LogP contribution in [0.2, 0.25) is 0 Å². The van der Waals surface area contributed by atoms with Gasteiger partial charge < -0.3 is 20.1 Å². The predicted molar refractivity (Wildman–Crippen MR) is 107 cm³/mol. The highest BCUT2D eigenvalue weighted by molar-refractivity contribution is 5.79. The first kappa shape index (κ1) is 19.0. The Labute approximate surface area is 161 Å². The van der Waals surface area contributed by atoms with Crippen molar-refractivity contribution in [3.8, 4) is 11.5 Å². The minimum atomic E-state index is 0.539. The summed E-state index contributed by atoms with van der Waals surface area (Å²) in [7, 11) is 0. The van der Waals surface area contributed by atoms with Crippen LogP contribution in [0, 0.1) is 5.92 Å². The Balaban J connectivity index is 1.49. The summed E-state index contributed by atoms with van der Waals surface area (Å²) in [6.45, 7) is 5.42.